The second kappa shape index (κ2) is 7.58. The van der Waals surface area contributed by atoms with Crippen molar-refractivity contribution >= 4 is 21.8 Å². The van der Waals surface area contributed by atoms with E-state index in [-0.39, 0.29) is 35.2 Å². The SMILES string of the molecule is O=C(O)c1ccc(S(=O)(=O)N2CCC(C(=O)c3ccc(F)cc3)CC2)cc1. The van der Waals surface area contributed by atoms with Crippen molar-refractivity contribution in [2.45, 2.75) is 17.7 Å². The second-order valence-electron chi connectivity index (χ2n) is 6.38. The van der Waals surface area contributed by atoms with E-state index in [1.807, 2.05) is 0 Å². The Morgan fingerprint density at radius 3 is 1.96 bits per heavy atom. The van der Waals surface area contributed by atoms with Gasteiger partial charge < -0.3 is 5.11 Å². The van der Waals surface area contributed by atoms with Crippen LogP contribution in [0.5, 0.6) is 0 Å². The number of carboxylic acids is 1. The number of carboxylic acid groups (broad SMARTS) is 1. The molecule has 142 valence electrons. The fourth-order valence-corrected chi connectivity index (χ4v) is 4.60. The van der Waals surface area contributed by atoms with Crippen LogP contribution in [-0.2, 0) is 10.0 Å². The summed E-state index contributed by atoms with van der Waals surface area (Å²) < 4.78 is 39.7. The molecule has 1 N–H and O–H groups in total. The van der Waals surface area contributed by atoms with E-state index in [0.29, 0.717) is 18.4 Å². The molecule has 0 unspecified atom stereocenters. The number of hydrogen-bond donors (Lipinski definition) is 1. The van der Waals surface area contributed by atoms with Gasteiger partial charge in [0.25, 0.3) is 0 Å². The molecule has 6 nitrogen and oxygen atoms in total. The molecule has 1 aliphatic heterocycles. The summed E-state index contributed by atoms with van der Waals surface area (Å²) in [6, 6.07) is 10.4. The Labute approximate surface area is 156 Å². The predicted octanol–water partition coefficient (Wildman–Crippen LogP) is 2.81. The monoisotopic (exact) mass is 391 g/mol. The fourth-order valence-electron chi connectivity index (χ4n) is 3.13. The predicted molar refractivity (Wildman–Crippen MR) is 95.6 cm³/mol. The van der Waals surface area contributed by atoms with Crippen LogP contribution in [0.15, 0.2) is 53.4 Å². The topological polar surface area (TPSA) is 91.8 Å². The normalized spacial score (nSPS) is 16.2. The van der Waals surface area contributed by atoms with Crippen LogP contribution in [0.2, 0.25) is 0 Å². The highest BCUT2D eigenvalue weighted by atomic mass is 32.2. The third-order valence-corrected chi connectivity index (χ3v) is 6.61. The minimum atomic E-state index is -3.74. The van der Waals surface area contributed by atoms with Gasteiger partial charge in [-0.25, -0.2) is 17.6 Å². The summed E-state index contributed by atoms with van der Waals surface area (Å²) in [6.45, 7) is 0.390. The van der Waals surface area contributed by atoms with Gasteiger partial charge in [-0.05, 0) is 61.4 Å². The van der Waals surface area contributed by atoms with Crippen LogP contribution in [0.1, 0.15) is 33.6 Å². The van der Waals surface area contributed by atoms with E-state index in [0.717, 1.165) is 0 Å². The fraction of sp³-hybridized carbons (Fsp3) is 0.263. The molecular weight excluding hydrogens is 373 g/mol. The van der Waals surface area contributed by atoms with Crippen LogP contribution >= 0.6 is 0 Å². The first kappa shape index (κ1) is 19.2. The van der Waals surface area contributed by atoms with Crippen molar-refractivity contribution < 1.29 is 27.5 Å². The number of Topliss-reactive ketones (excluding diaryl/α,β-unsaturated/α-hetero) is 1. The van der Waals surface area contributed by atoms with E-state index in [4.69, 9.17) is 5.11 Å². The molecule has 0 atom stereocenters. The summed E-state index contributed by atoms with van der Waals surface area (Å²) >= 11 is 0. The molecule has 0 saturated carbocycles. The second-order valence-corrected chi connectivity index (χ2v) is 8.32. The van der Waals surface area contributed by atoms with Gasteiger partial charge >= 0.3 is 5.97 Å². The summed E-state index contributed by atoms with van der Waals surface area (Å²) in [5.74, 6) is -1.96. The number of aromatic carboxylic acids is 1. The standard InChI is InChI=1S/C19H18FNO5S/c20-16-5-1-13(2-6-16)18(22)14-9-11-21(12-10-14)27(25,26)17-7-3-15(4-8-17)19(23)24/h1-8,14H,9-12H2,(H,23,24). The molecule has 1 aliphatic rings. The van der Waals surface area contributed by atoms with Crippen molar-refractivity contribution in [2.24, 2.45) is 5.92 Å². The number of rotatable bonds is 5. The van der Waals surface area contributed by atoms with E-state index in [9.17, 15) is 22.4 Å². The van der Waals surface area contributed by atoms with Crippen LogP contribution < -0.4 is 0 Å². The van der Waals surface area contributed by atoms with E-state index < -0.39 is 21.8 Å². The molecule has 0 radical (unpaired) electrons. The maximum absolute atomic E-state index is 13.0. The van der Waals surface area contributed by atoms with Gasteiger partial charge in [-0.2, -0.15) is 4.31 Å². The number of hydrogen-bond acceptors (Lipinski definition) is 4. The number of ketones is 1. The average Bonchev–Trinajstić information content (AvgIpc) is 2.68. The Hall–Kier alpha value is -2.58. The zero-order chi connectivity index (χ0) is 19.6. The lowest BCUT2D eigenvalue weighted by Gasteiger charge is -2.30. The number of nitrogens with zero attached hydrogens (tertiary/aromatic N) is 1. The van der Waals surface area contributed by atoms with Gasteiger partial charge in [-0.3, -0.25) is 4.79 Å². The number of piperidine rings is 1. The van der Waals surface area contributed by atoms with Gasteiger partial charge in [0.05, 0.1) is 10.5 Å². The highest BCUT2D eigenvalue weighted by Crippen LogP contribution is 2.26. The lowest BCUT2D eigenvalue weighted by molar-refractivity contribution is 0.0696. The maximum Gasteiger partial charge on any atom is 0.335 e. The van der Waals surface area contributed by atoms with Crippen molar-refractivity contribution in [3.63, 3.8) is 0 Å². The van der Waals surface area contributed by atoms with E-state index in [1.165, 1.54) is 52.8 Å². The Morgan fingerprint density at radius 1 is 0.926 bits per heavy atom. The first-order valence-corrected chi connectivity index (χ1v) is 9.86. The quantitative estimate of drug-likeness (QED) is 0.792. The molecule has 2 aromatic rings. The zero-order valence-electron chi connectivity index (χ0n) is 14.3. The largest absolute Gasteiger partial charge is 0.478 e. The molecule has 0 amide bonds. The van der Waals surface area contributed by atoms with E-state index in [2.05, 4.69) is 0 Å². The van der Waals surface area contributed by atoms with Crippen molar-refractivity contribution in [1.29, 1.82) is 0 Å². The van der Waals surface area contributed by atoms with Gasteiger partial charge in [0.15, 0.2) is 5.78 Å². The van der Waals surface area contributed by atoms with Crippen molar-refractivity contribution in [3.8, 4) is 0 Å². The molecule has 1 saturated heterocycles. The molecule has 2 aromatic carbocycles. The molecule has 0 aromatic heterocycles. The number of halogens is 1. The number of carbonyl (C=O) groups is 2. The van der Waals surface area contributed by atoms with Crippen molar-refractivity contribution in [3.05, 3.63) is 65.5 Å². The van der Waals surface area contributed by atoms with Gasteiger partial charge in [0.1, 0.15) is 5.82 Å². The number of carbonyl (C=O) groups excluding carboxylic acids is 1. The van der Waals surface area contributed by atoms with Crippen LogP contribution in [0, 0.1) is 11.7 Å². The Bertz CT molecular complexity index is 947. The van der Waals surface area contributed by atoms with Crippen LogP contribution in [-0.4, -0.2) is 42.7 Å². The summed E-state index contributed by atoms with van der Waals surface area (Å²) in [6.07, 6.45) is 0.755. The summed E-state index contributed by atoms with van der Waals surface area (Å²) in [4.78, 5) is 23.4. The highest BCUT2D eigenvalue weighted by molar-refractivity contribution is 7.89. The molecule has 3 rings (SSSR count). The smallest absolute Gasteiger partial charge is 0.335 e. The van der Waals surface area contributed by atoms with Gasteiger partial charge in [0.2, 0.25) is 10.0 Å². The maximum atomic E-state index is 13.0. The van der Waals surface area contributed by atoms with Gasteiger partial charge in [-0.1, -0.05) is 0 Å². The van der Waals surface area contributed by atoms with Gasteiger partial charge in [0, 0.05) is 24.6 Å². The highest BCUT2D eigenvalue weighted by Gasteiger charge is 2.32. The number of benzene rings is 2. The molecule has 8 heteroatoms. The first-order valence-electron chi connectivity index (χ1n) is 8.42. The third kappa shape index (κ3) is 4.06. The Kier molecular flexibility index (Phi) is 5.38. The van der Waals surface area contributed by atoms with E-state index in [1.54, 1.807) is 0 Å². The Morgan fingerprint density at radius 2 is 1.44 bits per heavy atom. The molecular formula is C19H18FNO5S. The molecule has 0 aliphatic carbocycles. The molecule has 1 fully saturated rings. The Balaban J connectivity index is 1.68. The average molecular weight is 391 g/mol. The summed E-state index contributed by atoms with van der Waals surface area (Å²) in [7, 11) is -3.74. The molecule has 0 bridgehead atoms. The first-order chi connectivity index (χ1) is 12.8. The number of sulfonamides is 1. The minimum absolute atomic E-state index is 0.0116. The van der Waals surface area contributed by atoms with Crippen LogP contribution in [0.3, 0.4) is 0 Å². The minimum Gasteiger partial charge on any atom is -0.478 e. The van der Waals surface area contributed by atoms with Crippen molar-refractivity contribution in [2.75, 3.05) is 13.1 Å². The van der Waals surface area contributed by atoms with E-state index >= 15 is 0 Å². The molecule has 27 heavy (non-hydrogen) atoms. The lowest BCUT2D eigenvalue weighted by atomic mass is 9.90. The van der Waals surface area contributed by atoms with Crippen molar-refractivity contribution in [1.82, 2.24) is 4.31 Å². The summed E-state index contributed by atoms with van der Waals surface area (Å²) in [5.41, 5.74) is 0.430. The zero-order valence-corrected chi connectivity index (χ0v) is 15.2. The lowest BCUT2D eigenvalue weighted by Crippen LogP contribution is -2.40. The molecule has 1 heterocycles. The molecule has 0 spiro atoms. The van der Waals surface area contributed by atoms with Crippen LogP contribution in [0.4, 0.5) is 4.39 Å². The van der Waals surface area contributed by atoms with Gasteiger partial charge in [-0.15, -0.1) is 0 Å². The van der Waals surface area contributed by atoms with Crippen LogP contribution in [0.25, 0.3) is 0 Å². The summed E-state index contributed by atoms with van der Waals surface area (Å²) in [5, 5.41) is 8.90. The third-order valence-electron chi connectivity index (χ3n) is 4.69.